The van der Waals surface area contributed by atoms with Gasteiger partial charge in [0.1, 0.15) is 22.5 Å². The molecule has 10 heteroatoms. The molecule has 0 unspecified atom stereocenters. The maximum absolute atomic E-state index is 12.8. The van der Waals surface area contributed by atoms with Crippen molar-refractivity contribution in [2.24, 2.45) is 5.92 Å². The van der Waals surface area contributed by atoms with E-state index < -0.39 is 11.9 Å². The van der Waals surface area contributed by atoms with Crippen molar-refractivity contribution >= 4 is 27.2 Å². The number of rotatable bonds is 1. The zero-order chi connectivity index (χ0) is 18.1. The van der Waals surface area contributed by atoms with Crippen LogP contribution in [0.15, 0.2) is 12.4 Å². The highest BCUT2D eigenvalue weighted by molar-refractivity contribution is 7.19. The smallest absolute Gasteiger partial charge is 0.273 e. The molecule has 0 fully saturated rings. The predicted octanol–water partition coefficient (Wildman–Crippen LogP) is 3.87. The van der Waals surface area contributed by atoms with Crippen LogP contribution in [0.2, 0.25) is 0 Å². The zero-order valence-corrected chi connectivity index (χ0v) is 14.4. The summed E-state index contributed by atoms with van der Waals surface area (Å²) in [5.41, 5.74) is 1.01. The molecule has 0 bridgehead atoms. The summed E-state index contributed by atoms with van der Waals surface area (Å²) < 4.78 is 39.9. The van der Waals surface area contributed by atoms with Crippen LogP contribution in [0.25, 0.3) is 27.4 Å². The maximum atomic E-state index is 12.8. The van der Waals surface area contributed by atoms with E-state index in [1.54, 1.807) is 17.7 Å². The Morgan fingerprint density at radius 2 is 2.19 bits per heavy atom. The zero-order valence-electron chi connectivity index (χ0n) is 13.6. The lowest BCUT2D eigenvalue weighted by atomic mass is 9.89. The van der Waals surface area contributed by atoms with Gasteiger partial charge in [-0.2, -0.15) is 18.3 Å². The molecule has 6 nitrogen and oxygen atoms in total. The maximum Gasteiger partial charge on any atom is 0.432 e. The van der Waals surface area contributed by atoms with Crippen LogP contribution in [0.3, 0.4) is 0 Å². The molecule has 134 valence electrons. The third-order valence-corrected chi connectivity index (χ3v) is 5.91. The summed E-state index contributed by atoms with van der Waals surface area (Å²) in [5.74, 6) is 0.792. The Morgan fingerprint density at radius 1 is 1.35 bits per heavy atom. The van der Waals surface area contributed by atoms with E-state index in [1.165, 1.54) is 15.0 Å². The van der Waals surface area contributed by atoms with Gasteiger partial charge in [0.25, 0.3) is 0 Å². The van der Waals surface area contributed by atoms with Crippen LogP contribution in [-0.4, -0.2) is 29.8 Å². The number of hydrogen-bond donors (Lipinski definition) is 1. The summed E-state index contributed by atoms with van der Waals surface area (Å²) >= 11 is 1.67. The largest absolute Gasteiger partial charge is 0.432 e. The minimum absolute atomic E-state index is 0.0619. The Hall–Kier alpha value is -2.49. The van der Waals surface area contributed by atoms with Crippen LogP contribution < -0.4 is 0 Å². The number of halogens is 3. The Balaban J connectivity index is 1.68. The van der Waals surface area contributed by atoms with E-state index >= 15 is 0 Å². The first kappa shape index (κ1) is 15.7. The van der Waals surface area contributed by atoms with Crippen molar-refractivity contribution in [1.82, 2.24) is 29.8 Å². The van der Waals surface area contributed by atoms with Gasteiger partial charge in [-0.3, -0.25) is 5.10 Å². The van der Waals surface area contributed by atoms with Crippen LogP contribution in [0.4, 0.5) is 13.2 Å². The van der Waals surface area contributed by atoms with Gasteiger partial charge in [0.2, 0.25) is 5.82 Å². The fraction of sp³-hybridized carbons (Fsp3) is 0.375. The average molecular weight is 378 g/mol. The van der Waals surface area contributed by atoms with E-state index in [-0.39, 0.29) is 11.5 Å². The van der Waals surface area contributed by atoms with Crippen molar-refractivity contribution < 1.29 is 13.2 Å². The minimum atomic E-state index is -4.48. The van der Waals surface area contributed by atoms with Crippen molar-refractivity contribution in [3.8, 4) is 11.5 Å². The standard InChI is InChI=1S/C16H13F3N6S/c1-7-2-3-8-10(4-7)26-15-12(8)14-21-13(24-25(14)6-20-15)9-5-11(23-22-9)16(17,18)19/h5-7H,2-4H2,1H3,(H,22,23)/t7-/m0/s1. The number of nitrogens with one attached hydrogen (secondary N) is 1. The number of hydrogen-bond acceptors (Lipinski definition) is 5. The predicted molar refractivity (Wildman–Crippen MR) is 89.9 cm³/mol. The molecule has 0 aromatic carbocycles. The van der Waals surface area contributed by atoms with E-state index in [0.717, 1.165) is 35.5 Å². The average Bonchev–Trinajstić information content (AvgIpc) is 3.28. The van der Waals surface area contributed by atoms with Gasteiger partial charge in [0, 0.05) is 4.88 Å². The third kappa shape index (κ3) is 2.32. The van der Waals surface area contributed by atoms with E-state index in [2.05, 4.69) is 27.1 Å². The molecule has 1 atom stereocenters. The third-order valence-electron chi connectivity index (χ3n) is 4.74. The fourth-order valence-electron chi connectivity index (χ4n) is 3.43. The summed E-state index contributed by atoms with van der Waals surface area (Å²) in [6.07, 6.45) is 0.160. The van der Waals surface area contributed by atoms with Gasteiger partial charge in [0.15, 0.2) is 5.65 Å². The molecule has 0 aliphatic heterocycles. The number of H-pyrrole nitrogens is 1. The fourth-order valence-corrected chi connectivity index (χ4v) is 4.77. The van der Waals surface area contributed by atoms with Crippen molar-refractivity contribution in [3.05, 3.63) is 28.5 Å². The van der Waals surface area contributed by atoms with Gasteiger partial charge in [-0.1, -0.05) is 6.92 Å². The van der Waals surface area contributed by atoms with E-state index in [1.807, 2.05) is 5.10 Å². The number of aromatic nitrogens is 6. The van der Waals surface area contributed by atoms with Crippen LogP contribution >= 0.6 is 11.3 Å². The number of thiophene rings is 1. The van der Waals surface area contributed by atoms with Gasteiger partial charge >= 0.3 is 6.18 Å². The number of alkyl halides is 3. The first-order chi connectivity index (χ1) is 12.4. The number of fused-ring (bicyclic) bond motifs is 5. The minimum Gasteiger partial charge on any atom is -0.273 e. The Kier molecular flexibility index (Phi) is 3.18. The topological polar surface area (TPSA) is 71.8 Å². The van der Waals surface area contributed by atoms with Crippen molar-refractivity contribution in [2.45, 2.75) is 32.4 Å². The van der Waals surface area contributed by atoms with Crippen molar-refractivity contribution in [3.63, 3.8) is 0 Å². The number of aromatic amines is 1. The lowest BCUT2D eigenvalue weighted by Gasteiger charge is -2.17. The van der Waals surface area contributed by atoms with Gasteiger partial charge in [-0.15, -0.1) is 16.4 Å². The van der Waals surface area contributed by atoms with Crippen molar-refractivity contribution in [1.29, 1.82) is 0 Å². The summed E-state index contributed by atoms with van der Waals surface area (Å²) in [4.78, 5) is 11.2. The summed E-state index contributed by atoms with van der Waals surface area (Å²) in [6, 6.07) is 0.921. The molecule has 1 N–H and O–H groups in total. The van der Waals surface area contributed by atoms with Crippen LogP contribution in [0.5, 0.6) is 0 Å². The molecular weight excluding hydrogens is 365 g/mol. The normalized spacial score (nSPS) is 17.9. The van der Waals surface area contributed by atoms with Gasteiger partial charge < -0.3 is 0 Å². The van der Waals surface area contributed by atoms with E-state index in [9.17, 15) is 13.2 Å². The Bertz CT molecular complexity index is 1140. The molecule has 4 heterocycles. The highest BCUT2D eigenvalue weighted by Crippen LogP contribution is 2.39. The van der Waals surface area contributed by atoms with Gasteiger partial charge in [0.05, 0.1) is 5.39 Å². The Labute approximate surface area is 149 Å². The second-order valence-corrected chi connectivity index (χ2v) is 7.73. The van der Waals surface area contributed by atoms with E-state index in [0.29, 0.717) is 11.6 Å². The van der Waals surface area contributed by atoms with Gasteiger partial charge in [-0.25, -0.2) is 14.5 Å². The van der Waals surface area contributed by atoms with Crippen molar-refractivity contribution in [2.75, 3.05) is 0 Å². The first-order valence-electron chi connectivity index (χ1n) is 8.19. The molecule has 5 rings (SSSR count). The molecular formula is C16H13F3N6S. The van der Waals surface area contributed by atoms with Crippen LogP contribution in [-0.2, 0) is 19.0 Å². The molecule has 4 aromatic rings. The summed E-state index contributed by atoms with van der Waals surface area (Å²) in [7, 11) is 0. The molecule has 26 heavy (non-hydrogen) atoms. The van der Waals surface area contributed by atoms with Gasteiger partial charge in [-0.05, 0) is 36.8 Å². The second-order valence-electron chi connectivity index (χ2n) is 6.64. The molecule has 0 saturated heterocycles. The lowest BCUT2D eigenvalue weighted by Crippen LogP contribution is -2.08. The monoisotopic (exact) mass is 378 g/mol. The molecule has 0 saturated carbocycles. The molecule has 1 aliphatic carbocycles. The summed E-state index contributed by atoms with van der Waals surface area (Å²) in [5, 5.41) is 10.9. The Morgan fingerprint density at radius 3 is 2.96 bits per heavy atom. The van der Waals surface area contributed by atoms with E-state index in [4.69, 9.17) is 0 Å². The first-order valence-corrected chi connectivity index (χ1v) is 9.00. The summed E-state index contributed by atoms with van der Waals surface area (Å²) in [6.45, 7) is 2.24. The highest BCUT2D eigenvalue weighted by atomic mass is 32.1. The molecule has 0 spiro atoms. The molecule has 0 radical (unpaired) electrons. The molecule has 4 aromatic heterocycles. The quantitative estimate of drug-likeness (QED) is 0.546. The van der Waals surface area contributed by atoms with Crippen LogP contribution in [0.1, 0.15) is 29.5 Å². The lowest BCUT2D eigenvalue weighted by molar-refractivity contribution is -0.141. The molecule has 0 amide bonds. The number of nitrogens with zero attached hydrogens (tertiary/aromatic N) is 5. The SMILES string of the molecule is C[C@H]1CCc2c(sc3ncn4nc(-c5cc(C(F)(F)F)[nH]n5)nc4c23)C1. The second kappa shape index (κ2) is 5.26. The van der Waals surface area contributed by atoms with Crippen LogP contribution in [0, 0.1) is 5.92 Å². The number of aryl methyl sites for hydroxylation is 1. The highest BCUT2D eigenvalue weighted by Gasteiger charge is 2.33. The molecule has 1 aliphatic rings.